The smallest absolute Gasteiger partial charge is 0.254 e. The Bertz CT molecular complexity index is 806. The minimum Gasteiger partial charge on any atom is -0.467 e. The van der Waals surface area contributed by atoms with Crippen molar-refractivity contribution in [1.82, 2.24) is 10.3 Å². The van der Waals surface area contributed by atoms with Crippen molar-refractivity contribution in [2.24, 2.45) is 16.3 Å². The van der Waals surface area contributed by atoms with Crippen LogP contribution in [0.2, 0.25) is 0 Å². The number of ether oxygens (including phenoxy) is 1. The predicted molar refractivity (Wildman–Crippen MR) is 98.3 cm³/mol. The minimum atomic E-state index is -0.352. The molecule has 2 amide bonds. The maximum atomic E-state index is 13.0. The molecule has 8 nitrogen and oxygen atoms in total. The van der Waals surface area contributed by atoms with Crippen molar-refractivity contribution in [3.8, 4) is 0 Å². The van der Waals surface area contributed by atoms with Crippen molar-refractivity contribution in [1.29, 1.82) is 0 Å². The molecular weight excluding hydrogens is 368 g/mol. The van der Waals surface area contributed by atoms with E-state index < -0.39 is 0 Å². The first-order valence-corrected chi connectivity index (χ1v) is 9.91. The second kappa shape index (κ2) is 7.12. The molecule has 3 aliphatic heterocycles. The second-order valence-electron chi connectivity index (χ2n) is 7.16. The lowest BCUT2D eigenvalue weighted by Crippen LogP contribution is -2.45. The molecule has 0 aliphatic carbocycles. The molecule has 1 aromatic heterocycles. The zero-order chi connectivity index (χ0) is 19.0. The van der Waals surface area contributed by atoms with Gasteiger partial charge < -0.3 is 14.5 Å². The minimum absolute atomic E-state index is 0.152. The highest BCUT2D eigenvalue weighted by molar-refractivity contribution is 8.04. The summed E-state index contributed by atoms with van der Waals surface area (Å²) >= 11 is 1.56. The summed E-state index contributed by atoms with van der Waals surface area (Å²) in [5.74, 6) is -0.170. The van der Waals surface area contributed by atoms with E-state index in [1.807, 2.05) is 0 Å². The number of rotatable bonds is 5. The van der Waals surface area contributed by atoms with Crippen LogP contribution in [0.25, 0.3) is 0 Å². The van der Waals surface area contributed by atoms with Crippen LogP contribution in [0, 0.1) is 5.92 Å². The van der Waals surface area contributed by atoms with E-state index in [9.17, 15) is 9.59 Å². The largest absolute Gasteiger partial charge is 0.467 e. The number of amides is 2. The Kier molecular flexibility index (Phi) is 4.81. The summed E-state index contributed by atoms with van der Waals surface area (Å²) < 4.78 is 11.2. The van der Waals surface area contributed by atoms with Gasteiger partial charge in [-0.25, -0.2) is 5.01 Å². The highest BCUT2D eigenvalue weighted by atomic mass is 32.2. The molecule has 3 atom stereocenters. The fraction of sp³-hybridized carbons (Fsp3) is 0.556. The Hall–Kier alpha value is -2.13. The summed E-state index contributed by atoms with van der Waals surface area (Å²) in [6.07, 6.45) is 3.14. The lowest BCUT2D eigenvalue weighted by atomic mass is 9.84. The number of nitrogens with one attached hydrogen (secondary N) is 1. The highest BCUT2D eigenvalue weighted by Crippen LogP contribution is 2.51. The van der Waals surface area contributed by atoms with Gasteiger partial charge in [0.25, 0.3) is 5.91 Å². The lowest BCUT2D eigenvalue weighted by molar-refractivity contribution is -0.141. The van der Waals surface area contributed by atoms with Crippen molar-refractivity contribution in [2.45, 2.75) is 44.2 Å². The molecule has 0 radical (unpaired) electrons. The average molecular weight is 390 g/mol. The van der Waals surface area contributed by atoms with E-state index in [2.05, 4.69) is 29.5 Å². The first-order chi connectivity index (χ1) is 13.0. The van der Waals surface area contributed by atoms with Gasteiger partial charge in [0.05, 0.1) is 30.9 Å². The van der Waals surface area contributed by atoms with Gasteiger partial charge in [0.15, 0.2) is 0 Å². The molecule has 1 aromatic rings. The number of carbonyl (C=O) groups is 2. The summed E-state index contributed by atoms with van der Waals surface area (Å²) in [5.41, 5.74) is 0.847. The molecule has 9 heteroatoms. The van der Waals surface area contributed by atoms with E-state index >= 15 is 0 Å². The molecule has 0 aromatic carbocycles. The highest BCUT2D eigenvalue weighted by Gasteiger charge is 2.49. The van der Waals surface area contributed by atoms with E-state index in [4.69, 9.17) is 9.15 Å². The predicted octanol–water partition coefficient (Wildman–Crippen LogP) is 2.64. The third-order valence-corrected chi connectivity index (χ3v) is 6.55. The van der Waals surface area contributed by atoms with Crippen LogP contribution in [0.1, 0.15) is 32.4 Å². The van der Waals surface area contributed by atoms with Crippen LogP contribution >= 0.6 is 11.8 Å². The van der Waals surface area contributed by atoms with Gasteiger partial charge in [0, 0.05) is 4.91 Å². The molecule has 0 fully saturated rings. The molecule has 144 valence electrons. The number of carbonyl (C=O) groups excluding carboxylic acids is 2. The first kappa shape index (κ1) is 18.2. The molecule has 0 saturated heterocycles. The van der Waals surface area contributed by atoms with Crippen LogP contribution < -0.4 is 5.32 Å². The van der Waals surface area contributed by atoms with E-state index in [1.54, 1.807) is 30.2 Å². The summed E-state index contributed by atoms with van der Waals surface area (Å²) in [4.78, 5) is 26.3. The van der Waals surface area contributed by atoms with E-state index in [0.717, 1.165) is 16.9 Å². The summed E-state index contributed by atoms with van der Waals surface area (Å²) in [7, 11) is 0. The van der Waals surface area contributed by atoms with E-state index in [-0.39, 0.29) is 41.8 Å². The average Bonchev–Trinajstić information content (AvgIpc) is 3.30. The zero-order valence-corrected chi connectivity index (χ0v) is 16.1. The normalized spacial score (nSPS) is 29.7. The second-order valence-corrected chi connectivity index (χ2v) is 8.37. The quantitative estimate of drug-likeness (QED) is 0.834. The SMILES string of the molecule is CC[C@]1(C)CC2=C(CO1)S[C@H]1N=NN(CC(=O)NCc3ccco3)C(=O)[C@@H]21. The number of hydrogen-bond donors (Lipinski definition) is 1. The number of fused-ring (bicyclic) bond motifs is 2. The lowest BCUT2D eigenvalue weighted by Gasteiger charge is -2.35. The number of thioether (sulfide) groups is 1. The van der Waals surface area contributed by atoms with Gasteiger partial charge in [-0.05, 0) is 37.5 Å². The van der Waals surface area contributed by atoms with Crippen molar-refractivity contribution in [3.63, 3.8) is 0 Å². The topological polar surface area (TPSA) is 96.5 Å². The Balaban J connectivity index is 1.42. The van der Waals surface area contributed by atoms with Crippen molar-refractivity contribution >= 4 is 23.6 Å². The van der Waals surface area contributed by atoms with Gasteiger partial charge in [-0.1, -0.05) is 23.9 Å². The molecule has 0 saturated carbocycles. The van der Waals surface area contributed by atoms with Gasteiger partial charge in [-0.3, -0.25) is 9.59 Å². The zero-order valence-electron chi connectivity index (χ0n) is 15.3. The van der Waals surface area contributed by atoms with Crippen LogP contribution in [0.4, 0.5) is 0 Å². The first-order valence-electron chi connectivity index (χ1n) is 9.03. The molecule has 4 heterocycles. The van der Waals surface area contributed by atoms with Crippen LogP contribution in [0.3, 0.4) is 0 Å². The van der Waals surface area contributed by atoms with Gasteiger partial charge in [0.2, 0.25) is 5.91 Å². The maximum absolute atomic E-state index is 13.0. The summed E-state index contributed by atoms with van der Waals surface area (Å²) in [6.45, 7) is 4.80. The Morgan fingerprint density at radius 2 is 2.37 bits per heavy atom. The monoisotopic (exact) mass is 390 g/mol. The third kappa shape index (κ3) is 3.53. The van der Waals surface area contributed by atoms with Crippen LogP contribution in [0.5, 0.6) is 0 Å². The molecule has 27 heavy (non-hydrogen) atoms. The van der Waals surface area contributed by atoms with Gasteiger partial charge >= 0.3 is 0 Å². The molecule has 4 rings (SSSR count). The maximum Gasteiger partial charge on any atom is 0.254 e. The van der Waals surface area contributed by atoms with Crippen LogP contribution in [0.15, 0.2) is 43.6 Å². The number of furan rings is 1. The molecular formula is C18H22N4O4S. The Morgan fingerprint density at radius 1 is 1.52 bits per heavy atom. The van der Waals surface area contributed by atoms with Gasteiger partial charge in [-0.15, -0.1) is 0 Å². The molecule has 3 aliphatic rings. The summed E-state index contributed by atoms with van der Waals surface area (Å²) in [5, 5.41) is 11.9. The van der Waals surface area contributed by atoms with Crippen LogP contribution in [-0.2, 0) is 20.9 Å². The molecule has 0 bridgehead atoms. The number of hydrogen-bond acceptors (Lipinski definition) is 7. The summed E-state index contributed by atoms with van der Waals surface area (Å²) in [6, 6.07) is 3.53. The Morgan fingerprint density at radius 3 is 3.11 bits per heavy atom. The van der Waals surface area contributed by atoms with E-state index in [0.29, 0.717) is 18.8 Å². The fourth-order valence-corrected chi connectivity index (χ4v) is 4.75. The number of nitrogens with zero attached hydrogens (tertiary/aromatic N) is 3. The van der Waals surface area contributed by atoms with Gasteiger partial charge in [0.1, 0.15) is 17.7 Å². The van der Waals surface area contributed by atoms with Crippen molar-refractivity contribution in [3.05, 3.63) is 34.6 Å². The third-order valence-electron chi connectivity index (χ3n) is 5.27. The van der Waals surface area contributed by atoms with E-state index in [1.165, 1.54) is 5.01 Å². The molecule has 0 unspecified atom stereocenters. The standard InChI is InChI=1S/C18H22N4O4S/c1-3-18(2)7-12-13(10-26-18)27-16-15(12)17(24)22(21-20-16)9-14(23)19-8-11-5-4-6-25-11/h4-6,15-16H,3,7-10H2,1-2H3,(H,19,23)/t15-,16+,18+/m0/s1. The van der Waals surface area contributed by atoms with Crippen molar-refractivity contribution in [2.75, 3.05) is 13.2 Å². The van der Waals surface area contributed by atoms with Crippen LogP contribution in [-0.4, -0.2) is 40.9 Å². The molecule has 1 N–H and O–H groups in total. The van der Waals surface area contributed by atoms with Crippen molar-refractivity contribution < 1.29 is 18.7 Å². The Labute approximate surface area is 161 Å². The molecule has 0 spiro atoms. The fourth-order valence-electron chi connectivity index (χ4n) is 3.47. The van der Waals surface area contributed by atoms with Gasteiger partial charge in [-0.2, -0.15) is 5.11 Å².